The van der Waals surface area contributed by atoms with Crippen LogP contribution in [0.1, 0.15) is 36.6 Å². The second-order valence-corrected chi connectivity index (χ2v) is 8.52. The normalized spacial score (nSPS) is 20.9. The average Bonchev–Trinajstić information content (AvgIpc) is 3.16. The third-order valence-corrected chi connectivity index (χ3v) is 5.73. The van der Waals surface area contributed by atoms with E-state index in [9.17, 15) is 29.6 Å². The van der Waals surface area contributed by atoms with E-state index in [0.29, 0.717) is 10.0 Å². The van der Waals surface area contributed by atoms with Crippen LogP contribution in [-0.4, -0.2) is 51.2 Å². The lowest BCUT2D eigenvalue weighted by Crippen LogP contribution is -2.33. The molecule has 1 saturated heterocycles. The molecule has 1 aliphatic heterocycles. The molecule has 4 atom stereocenters. The number of nitro benzene ring substituents is 1. The van der Waals surface area contributed by atoms with Crippen LogP contribution in [0.2, 0.25) is 0 Å². The largest absolute Gasteiger partial charge is 0.508 e. The summed E-state index contributed by atoms with van der Waals surface area (Å²) in [5.41, 5.74) is -0.647. The van der Waals surface area contributed by atoms with Crippen LogP contribution in [0, 0.1) is 17.0 Å². The van der Waals surface area contributed by atoms with Crippen LogP contribution >= 0.6 is 15.9 Å². The number of aromatic nitrogens is 2. The number of aliphatic hydroxyl groups is 1. The number of benzene rings is 1. The Kier molecular flexibility index (Phi) is 7.66. The van der Waals surface area contributed by atoms with Crippen molar-refractivity contribution >= 4 is 27.8 Å². The number of H-pyrrole nitrogens is 1. The van der Waals surface area contributed by atoms with Gasteiger partial charge < -0.3 is 19.3 Å². The molecule has 33 heavy (non-hydrogen) atoms. The number of nitrogens with one attached hydrogen (secondary N) is 1. The molecule has 1 fully saturated rings. The Morgan fingerprint density at radius 2 is 2.18 bits per heavy atom. The molecule has 2 aromatic rings. The van der Waals surface area contributed by atoms with E-state index in [-0.39, 0.29) is 24.3 Å². The molecule has 2 N–H and O–H groups in total. The number of halogens is 1. The molecule has 1 aliphatic rings. The summed E-state index contributed by atoms with van der Waals surface area (Å²) >= 11 is 3.27. The Balaban J connectivity index is 1.64. The van der Waals surface area contributed by atoms with E-state index in [4.69, 9.17) is 14.2 Å². The van der Waals surface area contributed by atoms with E-state index in [1.165, 1.54) is 19.2 Å². The number of nitro groups is 1. The summed E-state index contributed by atoms with van der Waals surface area (Å²) in [6.45, 7) is 2.52. The van der Waals surface area contributed by atoms with E-state index in [1.807, 2.05) is 0 Å². The first-order valence-corrected chi connectivity index (χ1v) is 10.8. The molecule has 0 spiro atoms. The fraction of sp³-hybridized carbons (Fsp3) is 0.450. The fourth-order valence-electron chi connectivity index (χ4n) is 3.49. The Morgan fingerprint density at radius 3 is 2.85 bits per heavy atom. The maximum atomic E-state index is 12.3. The predicted octanol–water partition coefficient (Wildman–Crippen LogP) is 2.12. The molecule has 0 radical (unpaired) electrons. The highest BCUT2D eigenvalue weighted by Gasteiger charge is 2.39. The average molecular weight is 528 g/mol. The SMILES string of the molecule is Cc1cn([C@H]2CC(OC(=O)OCC(C)c3cc(Br)ccc3[N+](=O)[O-])[C@@H](CO)O2)c(=O)[nH]c1=O. The van der Waals surface area contributed by atoms with Gasteiger partial charge in [-0.3, -0.25) is 24.5 Å². The number of ether oxygens (including phenoxy) is 3. The summed E-state index contributed by atoms with van der Waals surface area (Å²) in [5, 5.41) is 20.8. The van der Waals surface area contributed by atoms with Crippen molar-refractivity contribution in [3.8, 4) is 0 Å². The van der Waals surface area contributed by atoms with Gasteiger partial charge in [-0.1, -0.05) is 22.9 Å². The number of nitrogens with zero attached hydrogens (tertiary/aromatic N) is 2. The van der Waals surface area contributed by atoms with Gasteiger partial charge in [-0.2, -0.15) is 0 Å². The van der Waals surface area contributed by atoms with Crippen LogP contribution in [0.15, 0.2) is 38.5 Å². The molecule has 0 bridgehead atoms. The molecule has 3 rings (SSSR count). The zero-order valence-corrected chi connectivity index (χ0v) is 19.3. The van der Waals surface area contributed by atoms with Gasteiger partial charge >= 0.3 is 11.8 Å². The van der Waals surface area contributed by atoms with E-state index in [2.05, 4.69) is 20.9 Å². The molecule has 1 aromatic heterocycles. The minimum Gasteiger partial charge on any atom is -0.434 e. The Bertz CT molecular complexity index is 1160. The molecule has 178 valence electrons. The first kappa shape index (κ1) is 24.6. The Hall–Kier alpha value is -3.03. The molecule has 0 aliphatic carbocycles. The van der Waals surface area contributed by atoms with Gasteiger partial charge in [0.2, 0.25) is 0 Å². The molecule has 2 heterocycles. The van der Waals surface area contributed by atoms with Crippen molar-refractivity contribution in [2.75, 3.05) is 13.2 Å². The number of aryl methyl sites for hydroxylation is 1. The van der Waals surface area contributed by atoms with Crippen LogP contribution in [0.4, 0.5) is 10.5 Å². The number of carbonyl (C=O) groups excluding carboxylic acids is 1. The van der Waals surface area contributed by atoms with Gasteiger partial charge in [0.15, 0.2) is 0 Å². The number of hydrogen-bond donors (Lipinski definition) is 2. The molecular formula is C20H22BrN3O9. The van der Waals surface area contributed by atoms with Crippen molar-refractivity contribution in [3.63, 3.8) is 0 Å². The van der Waals surface area contributed by atoms with Crippen LogP contribution < -0.4 is 11.2 Å². The van der Waals surface area contributed by atoms with Gasteiger partial charge in [0, 0.05) is 40.2 Å². The minimum absolute atomic E-state index is 0.0401. The Morgan fingerprint density at radius 1 is 1.45 bits per heavy atom. The zero-order valence-electron chi connectivity index (χ0n) is 17.7. The number of hydrogen-bond acceptors (Lipinski definition) is 9. The highest BCUT2D eigenvalue weighted by molar-refractivity contribution is 9.10. The lowest BCUT2D eigenvalue weighted by atomic mass is 10.0. The third kappa shape index (κ3) is 5.67. The van der Waals surface area contributed by atoms with Crippen molar-refractivity contribution in [3.05, 3.63) is 70.9 Å². The highest BCUT2D eigenvalue weighted by atomic mass is 79.9. The van der Waals surface area contributed by atoms with E-state index < -0.39 is 53.3 Å². The molecule has 12 nitrogen and oxygen atoms in total. The van der Waals surface area contributed by atoms with Gasteiger partial charge in [-0.05, 0) is 19.1 Å². The van der Waals surface area contributed by atoms with Gasteiger partial charge in [-0.25, -0.2) is 9.59 Å². The van der Waals surface area contributed by atoms with Crippen LogP contribution in [0.25, 0.3) is 0 Å². The van der Waals surface area contributed by atoms with E-state index in [0.717, 1.165) is 4.57 Å². The second-order valence-electron chi connectivity index (χ2n) is 7.60. The second kappa shape index (κ2) is 10.3. The molecule has 13 heteroatoms. The van der Waals surface area contributed by atoms with Gasteiger partial charge in [0.1, 0.15) is 25.0 Å². The number of carbonyl (C=O) groups is 1. The minimum atomic E-state index is -1.04. The van der Waals surface area contributed by atoms with Crippen molar-refractivity contribution < 1.29 is 29.0 Å². The first-order chi connectivity index (χ1) is 15.6. The quantitative estimate of drug-likeness (QED) is 0.311. The van der Waals surface area contributed by atoms with E-state index in [1.54, 1.807) is 19.1 Å². The fourth-order valence-corrected chi connectivity index (χ4v) is 3.86. The highest BCUT2D eigenvalue weighted by Crippen LogP contribution is 2.31. The third-order valence-electron chi connectivity index (χ3n) is 5.23. The van der Waals surface area contributed by atoms with Crippen molar-refractivity contribution in [2.24, 2.45) is 0 Å². The summed E-state index contributed by atoms with van der Waals surface area (Å²) in [5.74, 6) is -0.501. The molecule has 1 aromatic carbocycles. The standard InChI is InChI=1S/C20H22BrN3O9/c1-10-7-23(19(27)22-18(10)26)17-6-15(16(8-25)32-17)33-20(28)31-9-11(2)13-5-12(21)3-4-14(13)24(29)30/h3-5,7,11,15-17,25H,6,8-9H2,1-2H3,(H,22,26,27)/t11?,15?,16-,17-/m1/s1. The molecular weight excluding hydrogens is 506 g/mol. The van der Waals surface area contributed by atoms with Gasteiger partial charge in [0.05, 0.1) is 11.5 Å². The first-order valence-electron chi connectivity index (χ1n) is 9.96. The predicted molar refractivity (Wildman–Crippen MR) is 117 cm³/mol. The molecule has 0 amide bonds. The zero-order chi connectivity index (χ0) is 24.3. The molecule has 2 unspecified atom stereocenters. The van der Waals surface area contributed by atoms with Crippen LogP contribution in [0.3, 0.4) is 0 Å². The summed E-state index contributed by atoms with van der Waals surface area (Å²) in [4.78, 5) is 48.8. The van der Waals surface area contributed by atoms with Crippen molar-refractivity contribution in [2.45, 2.75) is 44.6 Å². The topological polar surface area (TPSA) is 163 Å². The lowest BCUT2D eigenvalue weighted by molar-refractivity contribution is -0.385. The van der Waals surface area contributed by atoms with Gasteiger partial charge in [-0.15, -0.1) is 0 Å². The van der Waals surface area contributed by atoms with Crippen LogP contribution in [0.5, 0.6) is 0 Å². The Labute approximate surface area is 195 Å². The lowest BCUT2D eigenvalue weighted by Gasteiger charge is -2.17. The van der Waals surface area contributed by atoms with E-state index >= 15 is 0 Å². The van der Waals surface area contributed by atoms with Crippen LogP contribution in [-0.2, 0) is 14.2 Å². The van der Waals surface area contributed by atoms with Crippen molar-refractivity contribution in [1.82, 2.24) is 9.55 Å². The number of aliphatic hydroxyl groups excluding tert-OH is 1. The smallest absolute Gasteiger partial charge is 0.434 e. The summed E-state index contributed by atoms with van der Waals surface area (Å²) in [7, 11) is 0. The molecule has 0 saturated carbocycles. The monoisotopic (exact) mass is 527 g/mol. The summed E-state index contributed by atoms with van der Waals surface area (Å²) in [6.07, 6.45) is -2.37. The number of aromatic amines is 1. The van der Waals surface area contributed by atoms with Gasteiger partial charge in [0.25, 0.3) is 11.2 Å². The number of rotatable bonds is 7. The maximum Gasteiger partial charge on any atom is 0.508 e. The van der Waals surface area contributed by atoms with Crippen molar-refractivity contribution in [1.29, 1.82) is 0 Å². The summed E-state index contributed by atoms with van der Waals surface area (Å²) in [6, 6.07) is 4.49. The maximum absolute atomic E-state index is 12.3. The summed E-state index contributed by atoms with van der Waals surface area (Å²) < 4.78 is 17.8.